The summed E-state index contributed by atoms with van der Waals surface area (Å²) in [5.41, 5.74) is 3.91. The van der Waals surface area contributed by atoms with E-state index in [0.717, 1.165) is 6.07 Å². The number of hydrogen-bond donors (Lipinski definition) is 3. The van der Waals surface area contributed by atoms with Gasteiger partial charge in [0.1, 0.15) is 10.1 Å². The quantitative estimate of drug-likeness (QED) is 0.299. The van der Waals surface area contributed by atoms with Crippen LogP contribution in [0, 0.1) is 0 Å². The number of ketones is 2. The van der Waals surface area contributed by atoms with Crippen molar-refractivity contribution in [2.24, 2.45) is 0 Å². The van der Waals surface area contributed by atoms with Crippen LogP contribution in [0.4, 0.5) is 17.1 Å². The molecule has 0 aromatic heterocycles. The van der Waals surface area contributed by atoms with E-state index in [9.17, 15) is 32.5 Å². The van der Waals surface area contributed by atoms with Crippen molar-refractivity contribution in [3.05, 3.63) is 81.4 Å². The molecular formula is C21H12ClN2O7S-. The highest BCUT2D eigenvalue weighted by Gasteiger charge is 2.35. The van der Waals surface area contributed by atoms with Crippen molar-refractivity contribution in [3.8, 4) is 0 Å². The summed E-state index contributed by atoms with van der Waals surface area (Å²) in [6.07, 6.45) is 0. The molecule has 4 rings (SSSR count). The van der Waals surface area contributed by atoms with Gasteiger partial charge in [-0.3, -0.25) is 9.59 Å². The van der Waals surface area contributed by atoms with Crippen LogP contribution in [0.2, 0.25) is 5.02 Å². The van der Waals surface area contributed by atoms with Crippen molar-refractivity contribution < 1.29 is 32.5 Å². The summed E-state index contributed by atoms with van der Waals surface area (Å²) in [5.74, 6) is -2.73. The third-order valence-corrected chi connectivity index (χ3v) is 6.06. The Balaban J connectivity index is 2.05. The lowest BCUT2D eigenvalue weighted by atomic mass is 9.82. The Kier molecular flexibility index (Phi) is 5.00. The van der Waals surface area contributed by atoms with Crippen LogP contribution in [0.1, 0.15) is 42.2 Å². The molecule has 0 unspecified atom stereocenters. The molecule has 3 aromatic rings. The fraction of sp³-hybridized carbons (Fsp3) is 0. The van der Waals surface area contributed by atoms with Crippen LogP contribution < -0.4 is 11.1 Å². The minimum atomic E-state index is -5.16. The number of hydrogen-bond acceptors (Lipinski definition) is 8. The molecule has 0 atom stereocenters. The first kappa shape index (κ1) is 21.5. The molecule has 0 saturated carbocycles. The Morgan fingerprint density at radius 3 is 2.12 bits per heavy atom. The molecular weight excluding hydrogens is 460 g/mol. The van der Waals surface area contributed by atoms with Crippen LogP contribution in [0.25, 0.3) is 0 Å². The zero-order valence-electron chi connectivity index (χ0n) is 15.9. The van der Waals surface area contributed by atoms with E-state index < -0.39 is 43.8 Å². The van der Waals surface area contributed by atoms with Gasteiger partial charge in [-0.1, -0.05) is 35.9 Å². The van der Waals surface area contributed by atoms with Gasteiger partial charge in [-0.15, -0.1) is 0 Å². The molecule has 0 bridgehead atoms. The summed E-state index contributed by atoms with van der Waals surface area (Å²) in [6, 6.07) is 10.4. The summed E-state index contributed by atoms with van der Waals surface area (Å²) in [6.45, 7) is 0. The van der Waals surface area contributed by atoms with Gasteiger partial charge in [0.25, 0.3) is 0 Å². The van der Waals surface area contributed by atoms with Crippen LogP contribution in [0.5, 0.6) is 0 Å². The molecule has 0 radical (unpaired) electrons. The maximum atomic E-state index is 13.2. The normalized spacial score (nSPS) is 12.8. The molecule has 0 heterocycles. The van der Waals surface area contributed by atoms with Gasteiger partial charge in [-0.2, -0.15) is 0 Å². The second kappa shape index (κ2) is 7.45. The topological polar surface area (TPSA) is 167 Å². The Hall–Kier alpha value is -3.73. The number of carboxylic acid groups (broad SMARTS) is 1. The fourth-order valence-electron chi connectivity index (χ4n) is 3.55. The first-order valence-electron chi connectivity index (χ1n) is 8.91. The molecule has 0 aliphatic heterocycles. The molecule has 11 heteroatoms. The molecule has 9 nitrogen and oxygen atoms in total. The summed E-state index contributed by atoms with van der Waals surface area (Å²) in [4.78, 5) is 37.0. The standard InChI is InChI=1S/C21H13ClN2O7S/c22-9-5-6-12(21(27)28)13(7-9)24-14-8-15(32(29,30)31)18(23)17-16(14)19(25)10-3-1-2-4-11(10)20(17)26/h1-8,24H,23H2,(H,27,28)(H,29,30,31)/p-1. The zero-order chi connectivity index (χ0) is 23.4. The molecule has 4 N–H and O–H groups in total. The Morgan fingerprint density at radius 1 is 0.969 bits per heavy atom. The van der Waals surface area contributed by atoms with E-state index in [2.05, 4.69) is 5.32 Å². The number of carbonyl (C=O) groups excluding carboxylic acids is 2. The number of nitrogens with one attached hydrogen (secondary N) is 1. The van der Waals surface area contributed by atoms with E-state index in [4.69, 9.17) is 17.3 Å². The average molecular weight is 472 g/mol. The molecule has 0 spiro atoms. The minimum Gasteiger partial charge on any atom is -0.744 e. The Bertz CT molecular complexity index is 1470. The van der Waals surface area contributed by atoms with Crippen LogP contribution >= 0.6 is 11.6 Å². The van der Waals surface area contributed by atoms with Gasteiger partial charge < -0.3 is 20.7 Å². The summed E-state index contributed by atoms with van der Waals surface area (Å²) >= 11 is 5.96. The number of halogens is 1. The smallest absolute Gasteiger partial charge is 0.337 e. The van der Waals surface area contributed by atoms with E-state index in [0.29, 0.717) is 0 Å². The summed E-state index contributed by atoms with van der Waals surface area (Å²) in [5, 5.41) is 12.2. The van der Waals surface area contributed by atoms with Crippen molar-refractivity contribution in [1.29, 1.82) is 0 Å². The Labute approximate surface area is 186 Å². The van der Waals surface area contributed by atoms with Crippen LogP contribution in [0.15, 0.2) is 53.4 Å². The second-order valence-corrected chi connectivity index (χ2v) is 8.65. The third-order valence-electron chi connectivity index (χ3n) is 4.95. The van der Waals surface area contributed by atoms with Crippen LogP contribution in [0.3, 0.4) is 0 Å². The van der Waals surface area contributed by atoms with E-state index in [1.54, 1.807) is 6.07 Å². The van der Waals surface area contributed by atoms with Crippen molar-refractivity contribution in [1.82, 2.24) is 0 Å². The molecule has 0 amide bonds. The largest absolute Gasteiger partial charge is 0.744 e. The number of anilines is 3. The lowest BCUT2D eigenvalue weighted by Gasteiger charge is -2.25. The van der Waals surface area contributed by atoms with Gasteiger partial charge in [0.15, 0.2) is 11.6 Å². The summed E-state index contributed by atoms with van der Waals surface area (Å²) < 4.78 is 35.5. The summed E-state index contributed by atoms with van der Waals surface area (Å²) in [7, 11) is -5.16. The molecule has 3 aromatic carbocycles. The van der Waals surface area contributed by atoms with Gasteiger partial charge in [-0.25, -0.2) is 13.2 Å². The Morgan fingerprint density at radius 2 is 1.56 bits per heavy atom. The average Bonchev–Trinajstić information content (AvgIpc) is 2.72. The molecule has 1 aliphatic rings. The van der Waals surface area contributed by atoms with E-state index in [1.165, 1.54) is 36.4 Å². The number of benzene rings is 3. The van der Waals surface area contributed by atoms with Crippen molar-refractivity contribution in [2.45, 2.75) is 4.90 Å². The van der Waals surface area contributed by atoms with Gasteiger partial charge >= 0.3 is 5.97 Å². The maximum absolute atomic E-state index is 13.2. The molecule has 162 valence electrons. The number of nitrogen functional groups attached to an aromatic ring is 1. The highest BCUT2D eigenvalue weighted by Crippen LogP contribution is 2.40. The van der Waals surface area contributed by atoms with Gasteiger partial charge in [0, 0.05) is 16.1 Å². The van der Waals surface area contributed by atoms with Gasteiger partial charge in [-0.05, 0) is 24.3 Å². The van der Waals surface area contributed by atoms with Gasteiger partial charge in [0.05, 0.1) is 38.6 Å². The van der Waals surface area contributed by atoms with Crippen molar-refractivity contribution in [3.63, 3.8) is 0 Å². The SMILES string of the molecule is Nc1c(S(=O)(=O)[O-])cc(Nc2cc(Cl)ccc2C(=O)O)c2c1C(=O)c1ccccc1C2=O. The molecule has 1 aliphatic carbocycles. The molecule has 0 saturated heterocycles. The minimum absolute atomic E-state index is 0.00271. The predicted molar refractivity (Wildman–Crippen MR) is 114 cm³/mol. The third kappa shape index (κ3) is 3.40. The monoisotopic (exact) mass is 471 g/mol. The number of carboxylic acids is 1. The highest BCUT2D eigenvalue weighted by atomic mass is 35.5. The van der Waals surface area contributed by atoms with E-state index >= 15 is 0 Å². The van der Waals surface area contributed by atoms with E-state index in [-0.39, 0.29) is 38.7 Å². The number of rotatable bonds is 4. The van der Waals surface area contributed by atoms with Crippen molar-refractivity contribution in [2.75, 3.05) is 11.1 Å². The maximum Gasteiger partial charge on any atom is 0.337 e. The predicted octanol–water partition coefficient (Wildman–Crippen LogP) is 3.04. The first-order chi connectivity index (χ1) is 15.0. The van der Waals surface area contributed by atoms with E-state index in [1.807, 2.05) is 0 Å². The first-order valence-corrected chi connectivity index (χ1v) is 10.7. The lowest BCUT2D eigenvalue weighted by Crippen LogP contribution is -2.25. The number of aromatic carboxylic acids is 1. The van der Waals surface area contributed by atoms with Gasteiger partial charge in [0.2, 0.25) is 0 Å². The lowest BCUT2D eigenvalue weighted by molar-refractivity contribution is 0.0697. The molecule has 0 fully saturated rings. The number of nitrogens with two attached hydrogens (primary N) is 1. The second-order valence-electron chi connectivity index (χ2n) is 6.86. The highest BCUT2D eigenvalue weighted by molar-refractivity contribution is 7.86. The van der Waals surface area contributed by atoms with Crippen LogP contribution in [-0.4, -0.2) is 35.6 Å². The zero-order valence-corrected chi connectivity index (χ0v) is 17.5. The van der Waals surface area contributed by atoms with Crippen molar-refractivity contribution >= 4 is 56.3 Å². The number of carbonyl (C=O) groups is 3. The number of fused-ring (bicyclic) bond motifs is 2. The molecule has 32 heavy (non-hydrogen) atoms. The fourth-order valence-corrected chi connectivity index (χ4v) is 4.36. The van der Waals surface area contributed by atoms with Crippen LogP contribution in [-0.2, 0) is 10.1 Å².